The van der Waals surface area contributed by atoms with Crippen molar-refractivity contribution in [1.82, 2.24) is 10.3 Å². The molecule has 3 heterocycles. The summed E-state index contributed by atoms with van der Waals surface area (Å²) in [6.07, 6.45) is 2.28. The van der Waals surface area contributed by atoms with E-state index in [0.717, 1.165) is 27.1 Å². The molecule has 5 nitrogen and oxygen atoms in total. The largest absolute Gasteiger partial charge is 0.382 e. The predicted molar refractivity (Wildman–Crippen MR) is 100 cm³/mol. The van der Waals surface area contributed by atoms with E-state index in [1.807, 2.05) is 12.3 Å². The molecule has 0 aliphatic carbocycles. The van der Waals surface area contributed by atoms with Crippen LogP contribution in [0.5, 0.6) is 0 Å². The Morgan fingerprint density at radius 1 is 1.42 bits per heavy atom. The highest BCUT2D eigenvalue weighted by Crippen LogP contribution is 2.26. The molecular weight excluding hydrogens is 377 g/mol. The number of nitrogens with one attached hydrogen (secondary N) is 2. The predicted octanol–water partition coefficient (Wildman–Crippen LogP) is 3.87. The number of carbonyl (C=O) groups is 1. The number of aromatic amines is 1. The van der Waals surface area contributed by atoms with E-state index in [4.69, 9.17) is 16.4 Å². The molecule has 0 radical (unpaired) electrons. The summed E-state index contributed by atoms with van der Waals surface area (Å²) in [6, 6.07) is 8.30. The molecule has 1 aliphatic heterocycles. The molecule has 0 fully saturated rings. The van der Waals surface area contributed by atoms with Crippen LogP contribution in [0, 0.1) is 5.82 Å². The third kappa shape index (κ3) is 3.45. The fraction of sp³-hybridized carbons (Fsp3) is 0.222. The first kappa shape index (κ1) is 17.1. The molecule has 1 aliphatic rings. The van der Waals surface area contributed by atoms with Crippen LogP contribution in [0.15, 0.2) is 41.7 Å². The van der Waals surface area contributed by atoms with Crippen LogP contribution in [0.4, 0.5) is 4.39 Å². The number of thiophene rings is 1. The minimum atomic E-state index is -0.622. The van der Waals surface area contributed by atoms with Gasteiger partial charge in [0.05, 0.1) is 9.21 Å². The molecule has 26 heavy (non-hydrogen) atoms. The van der Waals surface area contributed by atoms with Crippen molar-refractivity contribution in [3.05, 3.63) is 57.1 Å². The molecule has 2 N–H and O–H groups in total. The monoisotopic (exact) mass is 391 g/mol. The van der Waals surface area contributed by atoms with Crippen molar-refractivity contribution >= 4 is 45.5 Å². The zero-order valence-electron chi connectivity index (χ0n) is 13.6. The maximum atomic E-state index is 13.2. The van der Waals surface area contributed by atoms with Crippen LogP contribution in [-0.4, -0.2) is 29.3 Å². The second-order valence-corrected chi connectivity index (χ2v) is 7.70. The Morgan fingerprint density at radius 2 is 2.31 bits per heavy atom. The molecule has 0 bridgehead atoms. The van der Waals surface area contributed by atoms with Gasteiger partial charge in [0, 0.05) is 30.1 Å². The number of rotatable bonds is 5. The summed E-state index contributed by atoms with van der Waals surface area (Å²) in [5.74, 6) is -0.474. The molecule has 0 saturated carbocycles. The van der Waals surface area contributed by atoms with E-state index in [9.17, 15) is 9.18 Å². The Balaban J connectivity index is 1.30. The van der Waals surface area contributed by atoms with Crippen LogP contribution in [0.2, 0.25) is 4.34 Å². The Hall–Kier alpha value is -2.38. The average Bonchev–Trinajstić information content (AvgIpc) is 3.34. The number of fused-ring (bicyclic) bond motifs is 1. The van der Waals surface area contributed by atoms with Gasteiger partial charge in [-0.25, -0.2) is 4.39 Å². The summed E-state index contributed by atoms with van der Waals surface area (Å²) in [4.78, 5) is 21.5. The fourth-order valence-corrected chi connectivity index (χ4v) is 3.97. The van der Waals surface area contributed by atoms with Gasteiger partial charge in [0.1, 0.15) is 11.5 Å². The summed E-state index contributed by atoms with van der Waals surface area (Å²) < 4.78 is 13.9. The Labute approximate surface area is 157 Å². The SMILES string of the molecule is O=C(NCCc1c[nH]c2cc(F)ccc12)C1CC(c2ccc(Cl)s2)=NO1. The Morgan fingerprint density at radius 3 is 3.12 bits per heavy atom. The molecular formula is C18H15ClFN3O2S. The number of hydrogen-bond acceptors (Lipinski definition) is 4. The third-order valence-electron chi connectivity index (χ3n) is 4.24. The van der Waals surface area contributed by atoms with E-state index in [2.05, 4.69) is 15.5 Å². The number of carbonyl (C=O) groups excluding carboxylic acids is 1. The van der Waals surface area contributed by atoms with Crippen LogP contribution in [-0.2, 0) is 16.1 Å². The average molecular weight is 392 g/mol. The molecule has 0 spiro atoms. The number of nitrogens with zero attached hydrogens (tertiary/aromatic N) is 1. The molecule has 1 unspecified atom stereocenters. The van der Waals surface area contributed by atoms with Gasteiger partial charge < -0.3 is 15.1 Å². The highest BCUT2D eigenvalue weighted by atomic mass is 35.5. The van der Waals surface area contributed by atoms with Gasteiger partial charge in [-0.1, -0.05) is 16.8 Å². The topological polar surface area (TPSA) is 66.5 Å². The minimum absolute atomic E-state index is 0.197. The summed E-state index contributed by atoms with van der Waals surface area (Å²) in [6.45, 7) is 0.461. The number of hydrogen-bond donors (Lipinski definition) is 2. The number of benzene rings is 1. The number of halogens is 2. The molecule has 134 valence electrons. The second kappa shape index (κ2) is 7.09. The standard InChI is InChI=1S/C18H15ClFN3O2S/c19-17-4-3-16(26-17)14-8-15(25-23-14)18(24)21-6-5-10-9-22-13-7-11(20)1-2-12(10)13/h1-4,7,9,15,22H,5-6,8H2,(H,21,24). The zero-order valence-corrected chi connectivity index (χ0v) is 15.2. The van der Waals surface area contributed by atoms with E-state index < -0.39 is 6.10 Å². The highest BCUT2D eigenvalue weighted by molar-refractivity contribution is 7.18. The van der Waals surface area contributed by atoms with Crippen LogP contribution in [0.1, 0.15) is 16.9 Å². The second-order valence-electron chi connectivity index (χ2n) is 5.98. The lowest BCUT2D eigenvalue weighted by atomic mass is 10.1. The molecule has 1 amide bonds. The molecule has 4 rings (SSSR count). The lowest BCUT2D eigenvalue weighted by molar-refractivity contribution is -0.131. The zero-order chi connectivity index (χ0) is 18.1. The van der Waals surface area contributed by atoms with Crippen molar-refractivity contribution in [2.24, 2.45) is 5.16 Å². The number of H-pyrrole nitrogens is 1. The number of amides is 1. The number of oxime groups is 1. The van der Waals surface area contributed by atoms with Crippen LogP contribution < -0.4 is 5.32 Å². The molecule has 1 aromatic carbocycles. The maximum Gasteiger partial charge on any atom is 0.264 e. The van der Waals surface area contributed by atoms with Gasteiger partial charge in [-0.3, -0.25) is 4.79 Å². The number of aromatic nitrogens is 1. The Kier molecular flexibility index (Phi) is 4.65. The normalized spacial score (nSPS) is 16.5. The lowest BCUT2D eigenvalue weighted by Gasteiger charge is -2.09. The van der Waals surface area contributed by atoms with E-state index in [-0.39, 0.29) is 11.7 Å². The molecule has 0 saturated heterocycles. The molecule has 3 aromatic rings. The Bertz CT molecular complexity index is 997. The third-order valence-corrected chi connectivity index (χ3v) is 5.52. The van der Waals surface area contributed by atoms with Crippen LogP contribution in [0.3, 0.4) is 0 Å². The quantitative estimate of drug-likeness (QED) is 0.693. The van der Waals surface area contributed by atoms with Crippen molar-refractivity contribution in [2.75, 3.05) is 6.54 Å². The van der Waals surface area contributed by atoms with Gasteiger partial charge in [-0.15, -0.1) is 11.3 Å². The van der Waals surface area contributed by atoms with Crippen molar-refractivity contribution in [3.63, 3.8) is 0 Å². The van der Waals surface area contributed by atoms with Crippen molar-refractivity contribution < 1.29 is 14.0 Å². The summed E-state index contributed by atoms with van der Waals surface area (Å²) >= 11 is 7.34. The lowest BCUT2D eigenvalue weighted by Crippen LogP contribution is -2.35. The smallest absolute Gasteiger partial charge is 0.264 e. The van der Waals surface area contributed by atoms with Crippen molar-refractivity contribution in [1.29, 1.82) is 0 Å². The van der Waals surface area contributed by atoms with E-state index in [1.165, 1.54) is 23.5 Å². The van der Waals surface area contributed by atoms with Gasteiger partial charge in [-0.05, 0) is 42.3 Å². The highest BCUT2D eigenvalue weighted by Gasteiger charge is 2.29. The van der Waals surface area contributed by atoms with Crippen molar-refractivity contribution in [2.45, 2.75) is 18.9 Å². The van der Waals surface area contributed by atoms with Gasteiger partial charge in [-0.2, -0.15) is 0 Å². The molecule has 8 heteroatoms. The van der Waals surface area contributed by atoms with Crippen LogP contribution in [0.25, 0.3) is 10.9 Å². The van der Waals surface area contributed by atoms with Crippen molar-refractivity contribution in [3.8, 4) is 0 Å². The first-order valence-electron chi connectivity index (χ1n) is 8.12. The van der Waals surface area contributed by atoms with E-state index >= 15 is 0 Å². The van der Waals surface area contributed by atoms with E-state index in [0.29, 0.717) is 23.7 Å². The van der Waals surface area contributed by atoms with Gasteiger partial charge in [0.2, 0.25) is 6.10 Å². The molecule has 1 atom stereocenters. The fourth-order valence-electron chi connectivity index (χ4n) is 2.93. The van der Waals surface area contributed by atoms with Crippen LogP contribution >= 0.6 is 22.9 Å². The first-order valence-corrected chi connectivity index (χ1v) is 9.31. The minimum Gasteiger partial charge on any atom is -0.382 e. The summed E-state index contributed by atoms with van der Waals surface area (Å²) in [5.41, 5.74) is 2.51. The summed E-state index contributed by atoms with van der Waals surface area (Å²) in [7, 11) is 0. The van der Waals surface area contributed by atoms with Gasteiger partial charge in [0.15, 0.2) is 0 Å². The summed E-state index contributed by atoms with van der Waals surface area (Å²) in [5, 5.41) is 7.82. The van der Waals surface area contributed by atoms with E-state index in [1.54, 1.807) is 12.1 Å². The molecule has 2 aromatic heterocycles. The van der Waals surface area contributed by atoms with Gasteiger partial charge in [0.25, 0.3) is 5.91 Å². The first-order chi connectivity index (χ1) is 12.6. The maximum absolute atomic E-state index is 13.2. The van der Waals surface area contributed by atoms with Gasteiger partial charge >= 0.3 is 0 Å².